The molecule has 0 aliphatic rings. The van der Waals surface area contributed by atoms with Gasteiger partial charge in [-0.25, -0.2) is 0 Å². The van der Waals surface area contributed by atoms with E-state index in [1.54, 1.807) is 0 Å². The number of hydrogen-bond donors (Lipinski definition) is 0. The predicted octanol–water partition coefficient (Wildman–Crippen LogP) is 3.84. The van der Waals surface area contributed by atoms with Gasteiger partial charge in [0.25, 0.3) is 0 Å². The Morgan fingerprint density at radius 2 is 1.25 bits per heavy atom. The summed E-state index contributed by atoms with van der Waals surface area (Å²) in [6.07, 6.45) is 9.63. The predicted molar refractivity (Wildman–Crippen MR) is 59.9 cm³/mol. The average molecular weight is 273 g/mol. The number of terminal acetylenes is 1. The Bertz CT molecular complexity index is 127. The van der Waals surface area contributed by atoms with Crippen molar-refractivity contribution in [2.75, 3.05) is 0 Å². The Kier molecular flexibility index (Phi) is 7.03. The minimum absolute atomic E-state index is 1.31. The van der Waals surface area contributed by atoms with Gasteiger partial charge >= 0.3 is 82.1 Å². The molecule has 0 aromatic rings. The number of hydrogen-bond acceptors (Lipinski definition) is 0. The van der Waals surface area contributed by atoms with Crippen LogP contribution in [0.5, 0.6) is 0 Å². The molecule has 1 heteroatoms. The Morgan fingerprint density at radius 3 is 1.42 bits per heavy atom. The molecule has 0 fully saturated rings. The Morgan fingerprint density at radius 1 is 0.917 bits per heavy atom. The quantitative estimate of drug-likeness (QED) is 0.509. The Balaban J connectivity index is 4.19. The molecular weight excluding hydrogens is 251 g/mol. The molecule has 0 bridgehead atoms. The van der Waals surface area contributed by atoms with Gasteiger partial charge in [-0.15, -0.1) is 0 Å². The molecule has 0 saturated heterocycles. The molecule has 12 heavy (non-hydrogen) atoms. The van der Waals surface area contributed by atoms with Gasteiger partial charge in [-0.3, -0.25) is 0 Å². The zero-order valence-corrected chi connectivity index (χ0v) is 11.7. The first-order chi connectivity index (χ1) is 5.74. The van der Waals surface area contributed by atoms with Gasteiger partial charge in [-0.2, -0.15) is 0 Å². The van der Waals surface area contributed by atoms with E-state index in [0.717, 1.165) is 0 Å². The summed E-state index contributed by atoms with van der Waals surface area (Å²) in [5, 5.41) is 0. The van der Waals surface area contributed by atoms with Gasteiger partial charge in [0.05, 0.1) is 0 Å². The molecular formula is C11H22Sn. The molecule has 0 aromatic heterocycles. The monoisotopic (exact) mass is 274 g/mol. The van der Waals surface area contributed by atoms with Gasteiger partial charge in [0.1, 0.15) is 0 Å². The van der Waals surface area contributed by atoms with E-state index in [2.05, 4.69) is 24.7 Å². The van der Waals surface area contributed by atoms with Crippen molar-refractivity contribution >= 4 is 18.4 Å². The Labute approximate surface area is 82.0 Å². The third-order valence-electron chi connectivity index (χ3n) is 2.49. The Hall–Kier alpha value is 0.359. The van der Waals surface area contributed by atoms with Crippen molar-refractivity contribution in [3.8, 4) is 10.4 Å². The van der Waals surface area contributed by atoms with Crippen LogP contribution in [0.4, 0.5) is 0 Å². The molecule has 0 spiro atoms. The fourth-order valence-electron chi connectivity index (χ4n) is 2.03. The van der Waals surface area contributed by atoms with Crippen LogP contribution in [-0.4, -0.2) is 18.4 Å². The van der Waals surface area contributed by atoms with Gasteiger partial charge in [0.2, 0.25) is 0 Å². The first kappa shape index (κ1) is 12.4. The van der Waals surface area contributed by atoms with Crippen LogP contribution in [0.2, 0.25) is 13.3 Å². The molecule has 70 valence electrons. The zero-order chi connectivity index (χ0) is 9.45. The molecule has 0 unspecified atom stereocenters. The molecule has 0 nitrogen and oxygen atoms in total. The van der Waals surface area contributed by atoms with E-state index in [9.17, 15) is 0 Å². The van der Waals surface area contributed by atoms with Crippen LogP contribution in [0.25, 0.3) is 0 Å². The summed E-state index contributed by atoms with van der Waals surface area (Å²) in [6, 6.07) is 0. The van der Waals surface area contributed by atoms with E-state index in [4.69, 9.17) is 6.42 Å². The van der Waals surface area contributed by atoms with Gasteiger partial charge in [0.15, 0.2) is 0 Å². The second-order valence-corrected chi connectivity index (χ2v) is 16.1. The normalized spacial score (nSPS) is 11.2. The minimum atomic E-state index is -1.99. The molecule has 0 aromatic carbocycles. The fourth-order valence-corrected chi connectivity index (χ4v) is 13.6. The third kappa shape index (κ3) is 3.85. The van der Waals surface area contributed by atoms with Crippen LogP contribution in [0, 0.1) is 10.4 Å². The molecule has 0 rings (SSSR count). The molecule has 0 N–H and O–H groups in total. The van der Waals surface area contributed by atoms with Crippen molar-refractivity contribution in [3.05, 3.63) is 0 Å². The fraction of sp³-hybridized carbons (Fsp3) is 0.818. The van der Waals surface area contributed by atoms with E-state index >= 15 is 0 Å². The molecule has 0 radical (unpaired) electrons. The maximum absolute atomic E-state index is 5.71. The molecule has 0 atom stereocenters. The van der Waals surface area contributed by atoms with E-state index < -0.39 is 18.4 Å². The van der Waals surface area contributed by atoms with Crippen molar-refractivity contribution < 1.29 is 0 Å². The van der Waals surface area contributed by atoms with Crippen molar-refractivity contribution in [1.82, 2.24) is 0 Å². The van der Waals surface area contributed by atoms with E-state index in [1.165, 1.54) is 32.6 Å². The van der Waals surface area contributed by atoms with Crippen LogP contribution in [0.3, 0.4) is 0 Å². The molecule has 0 aliphatic heterocycles. The molecule has 0 heterocycles. The van der Waals surface area contributed by atoms with E-state index in [1.807, 2.05) is 0 Å². The summed E-state index contributed by atoms with van der Waals surface area (Å²) in [4.78, 5) is 0. The second kappa shape index (κ2) is 6.83. The first-order valence-electron chi connectivity index (χ1n) is 5.22. The SMILES string of the molecule is C#[C][Sn]([CH2]CC)([CH2]CC)[CH2]CC. The van der Waals surface area contributed by atoms with Crippen molar-refractivity contribution in [3.63, 3.8) is 0 Å². The van der Waals surface area contributed by atoms with Crippen molar-refractivity contribution in [1.29, 1.82) is 0 Å². The summed E-state index contributed by atoms with van der Waals surface area (Å²) in [5.41, 5.74) is 0. The van der Waals surface area contributed by atoms with E-state index in [-0.39, 0.29) is 0 Å². The molecule has 0 amide bonds. The summed E-state index contributed by atoms with van der Waals surface area (Å²) < 4.78 is 7.46. The zero-order valence-electron chi connectivity index (χ0n) is 8.82. The van der Waals surface area contributed by atoms with Gasteiger partial charge in [0, 0.05) is 0 Å². The number of rotatable bonds is 6. The summed E-state index contributed by atoms with van der Waals surface area (Å²) in [6.45, 7) is 6.82. The van der Waals surface area contributed by atoms with Crippen LogP contribution >= 0.6 is 0 Å². The van der Waals surface area contributed by atoms with Crippen molar-refractivity contribution in [2.45, 2.75) is 53.3 Å². The van der Waals surface area contributed by atoms with Gasteiger partial charge in [-0.05, 0) is 0 Å². The molecule has 0 aliphatic carbocycles. The average Bonchev–Trinajstić information content (AvgIpc) is 2.06. The van der Waals surface area contributed by atoms with Gasteiger partial charge < -0.3 is 0 Å². The third-order valence-corrected chi connectivity index (χ3v) is 16.7. The first-order valence-corrected chi connectivity index (χ1v) is 12.7. The van der Waals surface area contributed by atoms with Crippen molar-refractivity contribution in [2.24, 2.45) is 0 Å². The molecule has 0 saturated carbocycles. The second-order valence-electron chi connectivity index (χ2n) is 3.67. The van der Waals surface area contributed by atoms with Crippen LogP contribution < -0.4 is 0 Å². The van der Waals surface area contributed by atoms with Crippen LogP contribution in [-0.2, 0) is 0 Å². The van der Waals surface area contributed by atoms with Crippen LogP contribution in [0.1, 0.15) is 40.0 Å². The summed E-state index contributed by atoms with van der Waals surface area (Å²) >= 11 is -1.99. The van der Waals surface area contributed by atoms with Crippen LogP contribution in [0.15, 0.2) is 0 Å². The topological polar surface area (TPSA) is 0 Å². The summed E-state index contributed by atoms with van der Waals surface area (Å²) in [5.74, 6) is 0. The van der Waals surface area contributed by atoms with Gasteiger partial charge in [-0.1, -0.05) is 0 Å². The maximum atomic E-state index is 5.71. The summed E-state index contributed by atoms with van der Waals surface area (Å²) in [7, 11) is 0. The van der Waals surface area contributed by atoms with E-state index in [0.29, 0.717) is 0 Å². The standard InChI is InChI=1S/3C3H7.C2H.Sn/c3*1-3-2;1-2;/h3*1,3H2,2H3;1H;.